The van der Waals surface area contributed by atoms with Gasteiger partial charge in [0, 0.05) is 12.2 Å². The molecule has 0 fully saturated rings. The van der Waals surface area contributed by atoms with E-state index in [1.165, 1.54) is 6.07 Å². The Bertz CT molecular complexity index is 572. The maximum absolute atomic E-state index is 9.31. The molecule has 0 atom stereocenters. The van der Waals surface area contributed by atoms with E-state index >= 15 is 0 Å². The largest absolute Gasteiger partial charge is 0.506 e. The molecule has 0 bridgehead atoms. The lowest BCUT2D eigenvalue weighted by molar-refractivity contribution is 0.475. The lowest BCUT2D eigenvalue weighted by Crippen LogP contribution is -2.00. The first-order valence-electron chi connectivity index (χ1n) is 5.23. The van der Waals surface area contributed by atoms with Gasteiger partial charge in [-0.1, -0.05) is 46.9 Å². The third kappa shape index (κ3) is 3.02. The van der Waals surface area contributed by atoms with Crippen LogP contribution in [0, 0.1) is 0 Å². The number of phenolic OH excluding ortho intramolecular Hbond substituents is 1. The second kappa shape index (κ2) is 5.70. The van der Waals surface area contributed by atoms with Crippen molar-refractivity contribution in [2.45, 2.75) is 6.54 Å². The van der Waals surface area contributed by atoms with Gasteiger partial charge in [0.25, 0.3) is 0 Å². The van der Waals surface area contributed by atoms with Gasteiger partial charge in [0.2, 0.25) is 0 Å². The summed E-state index contributed by atoms with van der Waals surface area (Å²) in [6, 6.07) is 10.4. The molecule has 0 radical (unpaired) electrons. The van der Waals surface area contributed by atoms with Crippen molar-refractivity contribution in [1.82, 2.24) is 0 Å². The van der Waals surface area contributed by atoms with E-state index in [-0.39, 0.29) is 5.75 Å². The fourth-order valence-corrected chi connectivity index (χ4v) is 2.07. The number of aromatic hydroxyl groups is 1. The standard InChI is InChI=1S/C13H10Cl3NO/c14-10-3-1-2-8(13(10)16)7-17-9-4-5-12(18)11(15)6-9/h1-6,17-18H,7H2. The topological polar surface area (TPSA) is 32.3 Å². The van der Waals surface area contributed by atoms with Crippen LogP contribution in [0.3, 0.4) is 0 Å². The summed E-state index contributed by atoms with van der Waals surface area (Å²) >= 11 is 17.8. The minimum Gasteiger partial charge on any atom is -0.506 e. The van der Waals surface area contributed by atoms with Gasteiger partial charge < -0.3 is 10.4 Å². The maximum atomic E-state index is 9.31. The quantitative estimate of drug-likeness (QED) is 0.785. The molecule has 0 aliphatic carbocycles. The molecule has 2 aromatic rings. The predicted molar refractivity (Wildman–Crippen MR) is 76.9 cm³/mol. The number of nitrogens with one attached hydrogen (secondary N) is 1. The lowest BCUT2D eigenvalue weighted by atomic mass is 10.2. The number of phenols is 1. The Morgan fingerprint density at radius 2 is 1.78 bits per heavy atom. The predicted octanol–water partition coefficient (Wildman–Crippen LogP) is 4.96. The Labute approximate surface area is 120 Å². The normalized spacial score (nSPS) is 10.4. The van der Waals surface area contributed by atoms with E-state index in [9.17, 15) is 5.11 Å². The Balaban J connectivity index is 2.11. The average Bonchev–Trinajstić information content (AvgIpc) is 2.35. The molecule has 0 unspecified atom stereocenters. The van der Waals surface area contributed by atoms with E-state index in [0.29, 0.717) is 21.6 Å². The van der Waals surface area contributed by atoms with Gasteiger partial charge in [0.15, 0.2) is 0 Å². The molecule has 2 nitrogen and oxygen atoms in total. The van der Waals surface area contributed by atoms with E-state index < -0.39 is 0 Å². The van der Waals surface area contributed by atoms with Gasteiger partial charge in [0.05, 0.1) is 15.1 Å². The first kappa shape index (κ1) is 13.3. The van der Waals surface area contributed by atoms with Crippen LogP contribution < -0.4 is 5.32 Å². The molecule has 94 valence electrons. The van der Waals surface area contributed by atoms with Crippen LogP contribution in [0.5, 0.6) is 5.75 Å². The van der Waals surface area contributed by atoms with Crippen LogP contribution in [-0.2, 0) is 6.54 Å². The second-order valence-electron chi connectivity index (χ2n) is 3.73. The first-order chi connectivity index (χ1) is 8.58. The zero-order chi connectivity index (χ0) is 13.1. The van der Waals surface area contributed by atoms with Crippen LogP contribution in [0.25, 0.3) is 0 Å². The summed E-state index contributed by atoms with van der Waals surface area (Å²) in [6.07, 6.45) is 0. The fourth-order valence-electron chi connectivity index (χ4n) is 1.50. The minimum atomic E-state index is 0.0583. The zero-order valence-corrected chi connectivity index (χ0v) is 11.5. The Kier molecular flexibility index (Phi) is 4.23. The molecule has 0 aliphatic heterocycles. The molecule has 2 N–H and O–H groups in total. The van der Waals surface area contributed by atoms with E-state index in [4.69, 9.17) is 34.8 Å². The van der Waals surface area contributed by atoms with Gasteiger partial charge >= 0.3 is 0 Å². The van der Waals surface area contributed by atoms with Crippen molar-refractivity contribution in [3.63, 3.8) is 0 Å². The number of halogens is 3. The highest BCUT2D eigenvalue weighted by molar-refractivity contribution is 6.42. The summed E-state index contributed by atoms with van der Waals surface area (Å²) in [5.41, 5.74) is 1.70. The highest BCUT2D eigenvalue weighted by Crippen LogP contribution is 2.28. The molecule has 0 amide bonds. The monoisotopic (exact) mass is 301 g/mol. The van der Waals surface area contributed by atoms with Gasteiger partial charge in [-0.2, -0.15) is 0 Å². The lowest BCUT2D eigenvalue weighted by Gasteiger charge is -2.09. The molecule has 2 rings (SSSR count). The Morgan fingerprint density at radius 1 is 1.00 bits per heavy atom. The number of hydrogen-bond acceptors (Lipinski definition) is 2. The van der Waals surface area contributed by atoms with Gasteiger partial charge in [-0.05, 0) is 29.8 Å². The van der Waals surface area contributed by atoms with Gasteiger partial charge in [-0.15, -0.1) is 0 Å². The highest BCUT2D eigenvalue weighted by Gasteiger charge is 2.05. The van der Waals surface area contributed by atoms with Gasteiger partial charge in [-0.3, -0.25) is 0 Å². The third-order valence-electron chi connectivity index (χ3n) is 2.46. The fraction of sp³-hybridized carbons (Fsp3) is 0.0769. The van der Waals surface area contributed by atoms with Crippen LogP contribution >= 0.6 is 34.8 Å². The SMILES string of the molecule is Oc1ccc(NCc2cccc(Cl)c2Cl)cc1Cl. The van der Waals surface area contributed by atoms with E-state index in [0.717, 1.165) is 11.3 Å². The van der Waals surface area contributed by atoms with Crippen molar-refractivity contribution in [1.29, 1.82) is 0 Å². The molecule has 0 saturated heterocycles. The van der Waals surface area contributed by atoms with Gasteiger partial charge in [-0.25, -0.2) is 0 Å². The van der Waals surface area contributed by atoms with Crippen molar-refractivity contribution in [3.8, 4) is 5.75 Å². The number of hydrogen-bond donors (Lipinski definition) is 2. The summed E-state index contributed by atoms with van der Waals surface area (Å²) in [5.74, 6) is 0.0583. The molecular formula is C13H10Cl3NO. The van der Waals surface area contributed by atoms with Crippen molar-refractivity contribution < 1.29 is 5.11 Å². The Hall–Kier alpha value is -1.09. The maximum Gasteiger partial charge on any atom is 0.134 e. The molecule has 18 heavy (non-hydrogen) atoms. The summed E-state index contributed by atoms with van der Waals surface area (Å²) in [5, 5.41) is 13.8. The van der Waals surface area contributed by atoms with E-state index in [1.807, 2.05) is 12.1 Å². The molecule has 2 aromatic carbocycles. The smallest absolute Gasteiger partial charge is 0.134 e. The molecule has 0 saturated carbocycles. The molecule has 0 spiro atoms. The third-order valence-corrected chi connectivity index (χ3v) is 3.62. The van der Waals surface area contributed by atoms with E-state index in [1.54, 1.807) is 18.2 Å². The van der Waals surface area contributed by atoms with Crippen molar-refractivity contribution in [2.75, 3.05) is 5.32 Å². The Morgan fingerprint density at radius 3 is 2.50 bits per heavy atom. The van der Waals surface area contributed by atoms with Crippen LogP contribution in [0.2, 0.25) is 15.1 Å². The van der Waals surface area contributed by atoms with E-state index in [2.05, 4.69) is 5.32 Å². The number of benzene rings is 2. The van der Waals surface area contributed by atoms with Gasteiger partial charge in [0.1, 0.15) is 5.75 Å². The van der Waals surface area contributed by atoms with Crippen molar-refractivity contribution in [3.05, 3.63) is 57.0 Å². The molecule has 0 aromatic heterocycles. The molecule has 0 heterocycles. The number of rotatable bonds is 3. The second-order valence-corrected chi connectivity index (χ2v) is 4.93. The minimum absolute atomic E-state index is 0.0583. The van der Waals surface area contributed by atoms with Crippen LogP contribution in [0.4, 0.5) is 5.69 Å². The summed E-state index contributed by atoms with van der Waals surface area (Å²) in [4.78, 5) is 0. The molecule has 5 heteroatoms. The molecule has 0 aliphatic rings. The van der Waals surface area contributed by atoms with Crippen molar-refractivity contribution >= 4 is 40.5 Å². The van der Waals surface area contributed by atoms with Crippen LogP contribution in [0.1, 0.15) is 5.56 Å². The zero-order valence-electron chi connectivity index (χ0n) is 9.25. The van der Waals surface area contributed by atoms with Crippen molar-refractivity contribution in [2.24, 2.45) is 0 Å². The molecular weight excluding hydrogens is 293 g/mol. The van der Waals surface area contributed by atoms with Crippen LogP contribution in [0.15, 0.2) is 36.4 Å². The summed E-state index contributed by atoms with van der Waals surface area (Å²) < 4.78 is 0. The first-order valence-corrected chi connectivity index (χ1v) is 6.36. The summed E-state index contributed by atoms with van der Waals surface area (Å²) in [7, 11) is 0. The van der Waals surface area contributed by atoms with Crippen LogP contribution in [-0.4, -0.2) is 5.11 Å². The average molecular weight is 303 g/mol. The summed E-state index contributed by atoms with van der Waals surface area (Å²) in [6.45, 7) is 0.528. The number of anilines is 1. The highest BCUT2D eigenvalue weighted by atomic mass is 35.5.